The molecule has 0 saturated carbocycles. The lowest BCUT2D eigenvalue weighted by Crippen LogP contribution is -2.19. The van der Waals surface area contributed by atoms with Gasteiger partial charge in [0.2, 0.25) is 0 Å². The number of hydrogen-bond donors (Lipinski definition) is 0. The molecule has 4 rings (SSSR count). The van der Waals surface area contributed by atoms with Crippen molar-refractivity contribution in [2.45, 2.75) is 38.5 Å². The van der Waals surface area contributed by atoms with Crippen molar-refractivity contribution in [1.29, 1.82) is 0 Å². The van der Waals surface area contributed by atoms with Crippen LogP contribution in [0.2, 0.25) is 0 Å². The molecular weight excluding hydrogens is 412 g/mol. The van der Waals surface area contributed by atoms with E-state index in [9.17, 15) is 4.79 Å². The Hall–Kier alpha value is -3.45. The molecular formula is C33H34O. The summed E-state index contributed by atoms with van der Waals surface area (Å²) in [5, 5.41) is 0. The van der Waals surface area contributed by atoms with E-state index in [-0.39, 0.29) is 0 Å². The third-order valence-electron chi connectivity index (χ3n) is 6.50. The smallest absolute Gasteiger partial charge is 0.133 e. The Morgan fingerprint density at radius 1 is 0.412 bits per heavy atom. The van der Waals surface area contributed by atoms with Crippen LogP contribution < -0.4 is 0 Å². The highest BCUT2D eigenvalue weighted by atomic mass is 16.1. The lowest BCUT2D eigenvalue weighted by molar-refractivity contribution is -0.120. The molecule has 0 amide bonds. The summed E-state index contributed by atoms with van der Waals surface area (Å²) in [5.74, 6) is 1.01. The number of carbonyl (C=O) groups excluding carboxylic acids is 1. The minimum atomic E-state index is 0.311. The lowest BCUT2D eigenvalue weighted by atomic mass is 9.84. The van der Waals surface area contributed by atoms with Crippen LogP contribution in [0.1, 0.15) is 35.1 Å². The molecule has 0 aliphatic carbocycles. The highest BCUT2D eigenvalue weighted by Gasteiger charge is 2.20. The van der Waals surface area contributed by atoms with E-state index in [0.29, 0.717) is 30.5 Å². The maximum atomic E-state index is 13.4. The van der Waals surface area contributed by atoms with Crippen molar-refractivity contribution in [3.05, 3.63) is 144 Å². The molecule has 34 heavy (non-hydrogen) atoms. The lowest BCUT2D eigenvalue weighted by Gasteiger charge is -2.20. The predicted molar refractivity (Wildman–Crippen MR) is 142 cm³/mol. The van der Waals surface area contributed by atoms with Crippen LogP contribution in [-0.4, -0.2) is 5.78 Å². The van der Waals surface area contributed by atoms with E-state index in [2.05, 4.69) is 121 Å². The molecule has 0 saturated heterocycles. The maximum Gasteiger partial charge on any atom is 0.133 e. The number of benzene rings is 4. The number of ketones is 1. The molecule has 0 atom stereocenters. The SMILES string of the molecule is O=C(CC(Cc1ccccc1)Cc1ccccc1)CC(Cc1ccccc1)Cc1ccccc1. The fourth-order valence-electron chi connectivity index (χ4n) is 4.95. The Labute approximate surface area is 204 Å². The van der Waals surface area contributed by atoms with Crippen LogP contribution >= 0.6 is 0 Å². The van der Waals surface area contributed by atoms with Gasteiger partial charge in [-0.3, -0.25) is 4.79 Å². The predicted octanol–water partition coefficient (Wildman–Crippen LogP) is 7.54. The normalized spacial score (nSPS) is 11.1. The Morgan fingerprint density at radius 2 is 0.647 bits per heavy atom. The van der Waals surface area contributed by atoms with Crippen LogP contribution in [0.3, 0.4) is 0 Å². The first kappa shape index (κ1) is 23.7. The van der Waals surface area contributed by atoms with Crippen molar-refractivity contribution < 1.29 is 4.79 Å². The van der Waals surface area contributed by atoms with Crippen LogP contribution in [0.5, 0.6) is 0 Å². The molecule has 0 bridgehead atoms. The summed E-state index contributed by atoms with van der Waals surface area (Å²) in [5.41, 5.74) is 5.23. The minimum absolute atomic E-state index is 0.311. The zero-order valence-corrected chi connectivity index (χ0v) is 19.9. The second kappa shape index (κ2) is 12.7. The van der Waals surface area contributed by atoms with Crippen molar-refractivity contribution >= 4 is 5.78 Å². The van der Waals surface area contributed by atoms with E-state index in [1.54, 1.807) is 0 Å². The molecule has 0 heterocycles. The minimum Gasteiger partial charge on any atom is -0.300 e. The van der Waals surface area contributed by atoms with Crippen molar-refractivity contribution in [3.63, 3.8) is 0 Å². The Morgan fingerprint density at radius 3 is 0.882 bits per heavy atom. The zero-order chi connectivity index (χ0) is 23.4. The molecule has 0 fully saturated rings. The van der Waals surface area contributed by atoms with Gasteiger partial charge in [0, 0.05) is 12.8 Å². The first-order valence-electron chi connectivity index (χ1n) is 12.4. The maximum absolute atomic E-state index is 13.4. The zero-order valence-electron chi connectivity index (χ0n) is 19.9. The van der Waals surface area contributed by atoms with Gasteiger partial charge in [0.25, 0.3) is 0 Å². The van der Waals surface area contributed by atoms with Crippen LogP contribution in [0.15, 0.2) is 121 Å². The molecule has 1 nitrogen and oxygen atoms in total. The molecule has 0 aromatic heterocycles. The van der Waals surface area contributed by atoms with E-state index in [0.717, 1.165) is 25.7 Å². The van der Waals surface area contributed by atoms with Crippen LogP contribution in [0.4, 0.5) is 0 Å². The summed E-state index contributed by atoms with van der Waals surface area (Å²) in [4.78, 5) is 13.4. The summed E-state index contributed by atoms with van der Waals surface area (Å²) >= 11 is 0. The van der Waals surface area contributed by atoms with Gasteiger partial charge in [-0.15, -0.1) is 0 Å². The molecule has 0 aliphatic rings. The fourth-order valence-corrected chi connectivity index (χ4v) is 4.95. The fraction of sp³-hybridized carbons (Fsp3) is 0.242. The average molecular weight is 447 g/mol. The Balaban J connectivity index is 1.45. The molecule has 172 valence electrons. The van der Waals surface area contributed by atoms with Gasteiger partial charge in [0.1, 0.15) is 5.78 Å². The van der Waals surface area contributed by atoms with E-state index < -0.39 is 0 Å². The quantitative estimate of drug-likeness (QED) is 0.220. The van der Waals surface area contributed by atoms with Crippen molar-refractivity contribution in [2.75, 3.05) is 0 Å². The molecule has 0 spiro atoms. The second-order valence-electron chi connectivity index (χ2n) is 9.44. The van der Waals surface area contributed by atoms with Gasteiger partial charge in [0.15, 0.2) is 0 Å². The average Bonchev–Trinajstić information content (AvgIpc) is 2.86. The van der Waals surface area contributed by atoms with Crippen LogP contribution in [0, 0.1) is 11.8 Å². The van der Waals surface area contributed by atoms with E-state index in [4.69, 9.17) is 0 Å². The van der Waals surface area contributed by atoms with Crippen LogP contribution in [-0.2, 0) is 30.5 Å². The summed E-state index contributed by atoms with van der Waals surface area (Å²) in [6.07, 6.45) is 4.99. The summed E-state index contributed by atoms with van der Waals surface area (Å²) < 4.78 is 0. The van der Waals surface area contributed by atoms with Gasteiger partial charge in [-0.1, -0.05) is 121 Å². The van der Waals surface area contributed by atoms with Crippen molar-refractivity contribution in [3.8, 4) is 0 Å². The van der Waals surface area contributed by atoms with Gasteiger partial charge >= 0.3 is 0 Å². The second-order valence-corrected chi connectivity index (χ2v) is 9.44. The van der Waals surface area contributed by atoms with Crippen LogP contribution in [0.25, 0.3) is 0 Å². The Bertz CT molecular complexity index is 930. The van der Waals surface area contributed by atoms with Gasteiger partial charge in [-0.05, 0) is 59.8 Å². The van der Waals surface area contributed by atoms with Gasteiger partial charge in [-0.25, -0.2) is 0 Å². The molecule has 0 N–H and O–H groups in total. The number of rotatable bonds is 12. The molecule has 4 aromatic rings. The first-order chi connectivity index (χ1) is 16.7. The largest absolute Gasteiger partial charge is 0.300 e. The highest BCUT2D eigenvalue weighted by Crippen LogP contribution is 2.23. The number of Topliss-reactive ketones (excluding diaryl/α,β-unsaturated/α-hetero) is 1. The monoisotopic (exact) mass is 446 g/mol. The molecule has 0 radical (unpaired) electrons. The molecule has 0 aliphatic heterocycles. The molecule has 4 aromatic carbocycles. The van der Waals surface area contributed by atoms with Crippen molar-refractivity contribution in [1.82, 2.24) is 0 Å². The standard InChI is InChI=1S/C33H34O/c34-33(25-31(21-27-13-5-1-6-14-27)22-28-15-7-2-8-16-28)26-32(23-29-17-9-3-10-18-29)24-30-19-11-4-12-20-30/h1-20,31-32H,21-26H2. The van der Waals surface area contributed by atoms with Gasteiger partial charge < -0.3 is 0 Å². The number of carbonyl (C=O) groups is 1. The van der Waals surface area contributed by atoms with E-state index in [1.807, 2.05) is 0 Å². The Kier molecular flexibility index (Phi) is 8.85. The third-order valence-corrected chi connectivity index (χ3v) is 6.50. The summed E-state index contributed by atoms with van der Waals surface area (Å²) in [6.45, 7) is 0. The summed E-state index contributed by atoms with van der Waals surface area (Å²) in [6, 6.07) is 42.3. The first-order valence-corrected chi connectivity index (χ1v) is 12.4. The highest BCUT2D eigenvalue weighted by molar-refractivity contribution is 5.79. The number of hydrogen-bond acceptors (Lipinski definition) is 1. The topological polar surface area (TPSA) is 17.1 Å². The van der Waals surface area contributed by atoms with Gasteiger partial charge in [-0.2, -0.15) is 0 Å². The van der Waals surface area contributed by atoms with Crippen molar-refractivity contribution in [2.24, 2.45) is 11.8 Å². The summed E-state index contributed by atoms with van der Waals surface area (Å²) in [7, 11) is 0. The van der Waals surface area contributed by atoms with E-state index >= 15 is 0 Å². The molecule has 0 unspecified atom stereocenters. The third kappa shape index (κ3) is 7.85. The molecule has 1 heteroatoms. The van der Waals surface area contributed by atoms with E-state index in [1.165, 1.54) is 22.3 Å². The van der Waals surface area contributed by atoms with Gasteiger partial charge in [0.05, 0.1) is 0 Å².